The van der Waals surface area contributed by atoms with E-state index >= 15 is 0 Å². The van der Waals surface area contributed by atoms with Crippen LogP contribution in [0.15, 0.2) is 66.4 Å². The number of barbiturate groups is 1. The molecule has 0 spiro atoms. The van der Waals surface area contributed by atoms with E-state index in [0.717, 1.165) is 22.0 Å². The van der Waals surface area contributed by atoms with Gasteiger partial charge in [0.05, 0.1) is 0 Å². The molecule has 1 fully saturated rings. The molecular formula is C20H15N3O3. The topological polar surface area (TPSA) is 80.2 Å². The van der Waals surface area contributed by atoms with E-state index in [1.165, 1.54) is 6.08 Å². The molecule has 6 heteroatoms. The molecule has 2 N–H and O–H groups in total. The Morgan fingerprint density at radius 3 is 2.23 bits per heavy atom. The highest BCUT2D eigenvalue weighted by molar-refractivity contribution is 6.31. The van der Waals surface area contributed by atoms with E-state index < -0.39 is 17.8 Å². The van der Waals surface area contributed by atoms with Gasteiger partial charge in [0.1, 0.15) is 5.57 Å². The summed E-state index contributed by atoms with van der Waals surface area (Å²) in [6.45, 7) is 0.668. The van der Waals surface area contributed by atoms with Gasteiger partial charge in [-0.25, -0.2) is 4.79 Å². The number of carbonyl (C=O) groups excluding carboxylic acids is 3. The van der Waals surface area contributed by atoms with Gasteiger partial charge in [0.2, 0.25) is 0 Å². The summed E-state index contributed by atoms with van der Waals surface area (Å²) in [4.78, 5) is 35.2. The van der Waals surface area contributed by atoms with Gasteiger partial charge >= 0.3 is 6.03 Å². The molecule has 0 bridgehead atoms. The van der Waals surface area contributed by atoms with E-state index in [4.69, 9.17) is 0 Å². The smallest absolute Gasteiger partial charge is 0.328 e. The average molecular weight is 345 g/mol. The maximum atomic E-state index is 12.0. The number of nitrogens with one attached hydrogen (secondary N) is 2. The number of carbonyl (C=O) groups is 3. The number of rotatable bonds is 3. The van der Waals surface area contributed by atoms with Crippen molar-refractivity contribution < 1.29 is 14.4 Å². The van der Waals surface area contributed by atoms with Crippen LogP contribution in [0, 0.1) is 0 Å². The van der Waals surface area contributed by atoms with E-state index in [2.05, 4.69) is 15.2 Å². The van der Waals surface area contributed by atoms with Crippen molar-refractivity contribution in [1.29, 1.82) is 0 Å². The first kappa shape index (κ1) is 15.8. The number of benzene rings is 2. The fourth-order valence-corrected chi connectivity index (χ4v) is 3.06. The highest BCUT2D eigenvalue weighted by Crippen LogP contribution is 2.25. The Labute approximate surface area is 149 Å². The highest BCUT2D eigenvalue weighted by atomic mass is 16.2. The van der Waals surface area contributed by atoms with Gasteiger partial charge in [0.25, 0.3) is 11.8 Å². The first-order chi connectivity index (χ1) is 12.6. The van der Waals surface area contributed by atoms with E-state index in [1.54, 1.807) is 0 Å². The van der Waals surface area contributed by atoms with Crippen molar-refractivity contribution in [3.63, 3.8) is 0 Å². The molecule has 1 aromatic heterocycles. The van der Waals surface area contributed by atoms with Crippen molar-refractivity contribution >= 4 is 34.8 Å². The molecule has 0 unspecified atom stereocenters. The monoisotopic (exact) mass is 345 g/mol. The van der Waals surface area contributed by atoms with E-state index in [0.29, 0.717) is 6.54 Å². The molecule has 128 valence electrons. The molecular weight excluding hydrogens is 330 g/mol. The van der Waals surface area contributed by atoms with Crippen LogP contribution in [-0.4, -0.2) is 22.4 Å². The van der Waals surface area contributed by atoms with Crippen LogP contribution < -0.4 is 10.6 Å². The van der Waals surface area contributed by atoms with Gasteiger partial charge in [-0.3, -0.25) is 20.2 Å². The Morgan fingerprint density at radius 2 is 1.50 bits per heavy atom. The summed E-state index contributed by atoms with van der Waals surface area (Å²) in [7, 11) is 0. The minimum absolute atomic E-state index is 0.0905. The third-order valence-electron chi connectivity index (χ3n) is 4.26. The molecule has 0 radical (unpaired) electrons. The summed E-state index contributed by atoms with van der Waals surface area (Å²) in [5, 5.41) is 5.10. The lowest BCUT2D eigenvalue weighted by Gasteiger charge is -2.13. The van der Waals surface area contributed by atoms with E-state index in [1.807, 2.05) is 60.8 Å². The zero-order chi connectivity index (χ0) is 18.1. The molecule has 2 heterocycles. The van der Waals surface area contributed by atoms with E-state index in [9.17, 15) is 14.4 Å². The van der Waals surface area contributed by atoms with Crippen molar-refractivity contribution in [1.82, 2.24) is 15.2 Å². The summed E-state index contributed by atoms with van der Waals surface area (Å²) in [5.41, 5.74) is 2.79. The molecule has 4 rings (SSSR count). The Morgan fingerprint density at radius 1 is 0.846 bits per heavy atom. The molecule has 1 aliphatic rings. The molecule has 0 atom stereocenters. The first-order valence-electron chi connectivity index (χ1n) is 8.12. The summed E-state index contributed by atoms with van der Waals surface area (Å²) in [6.07, 6.45) is 3.42. The maximum Gasteiger partial charge on any atom is 0.328 e. The van der Waals surface area contributed by atoms with Crippen LogP contribution in [0.5, 0.6) is 0 Å². The molecule has 26 heavy (non-hydrogen) atoms. The number of fused-ring (bicyclic) bond motifs is 1. The van der Waals surface area contributed by atoms with Crippen LogP contribution in [0.1, 0.15) is 11.1 Å². The van der Waals surface area contributed by atoms with Gasteiger partial charge in [-0.05, 0) is 17.7 Å². The molecule has 6 nitrogen and oxygen atoms in total. The van der Waals surface area contributed by atoms with Crippen LogP contribution in [0.25, 0.3) is 17.0 Å². The molecule has 0 aliphatic carbocycles. The molecule has 1 aliphatic heterocycles. The van der Waals surface area contributed by atoms with Crippen LogP contribution >= 0.6 is 0 Å². The zero-order valence-electron chi connectivity index (χ0n) is 13.7. The lowest BCUT2D eigenvalue weighted by atomic mass is 10.1. The van der Waals surface area contributed by atoms with Crippen molar-refractivity contribution in [2.75, 3.05) is 0 Å². The molecule has 2 aromatic carbocycles. The van der Waals surface area contributed by atoms with Crippen molar-refractivity contribution in [3.8, 4) is 0 Å². The number of imide groups is 2. The Hall–Kier alpha value is -3.67. The largest absolute Gasteiger partial charge is 0.342 e. The second kappa shape index (κ2) is 6.33. The van der Waals surface area contributed by atoms with Crippen LogP contribution in [0.4, 0.5) is 4.79 Å². The maximum absolute atomic E-state index is 12.0. The third-order valence-corrected chi connectivity index (χ3v) is 4.26. The van der Waals surface area contributed by atoms with Gasteiger partial charge in [-0.1, -0.05) is 48.5 Å². The van der Waals surface area contributed by atoms with Gasteiger partial charge in [-0.15, -0.1) is 0 Å². The van der Waals surface area contributed by atoms with Crippen molar-refractivity contribution in [2.45, 2.75) is 6.54 Å². The van der Waals surface area contributed by atoms with Gasteiger partial charge in [0, 0.05) is 29.2 Å². The zero-order valence-corrected chi connectivity index (χ0v) is 13.7. The minimum atomic E-state index is -0.802. The van der Waals surface area contributed by atoms with Crippen LogP contribution in [0.2, 0.25) is 0 Å². The normalized spacial score (nSPS) is 14.3. The average Bonchev–Trinajstić information content (AvgIpc) is 2.97. The number of urea groups is 1. The quantitative estimate of drug-likeness (QED) is 0.565. The second-order valence-electron chi connectivity index (χ2n) is 6.01. The van der Waals surface area contributed by atoms with Crippen LogP contribution in [-0.2, 0) is 16.1 Å². The Balaban J connectivity index is 1.79. The lowest BCUT2D eigenvalue weighted by molar-refractivity contribution is -0.123. The van der Waals surface area contributed by atoms with Gasteiger partial charge in [-0.2, -0.15) is 0 Å². The summed E-state index contributed by atoms with van der Waals surface area (Å²) < 4.78 is 2.07. The Kier molecular flexibility index (Phi) is 3.85. The van der Waals surface area contributed by atoms with Crippen molar-refractivity contribution in [2.24, 2.45) is 0 Å². The van der Waals surface area contributed by atoms with Gasteiger partial charge in [0.15, 0.2) is 0 Å². The standard InChI is InChI=1S/C20H15N3O3/c24-18-16(19(25)22-20(26)21-18)10-14-12-23(11-13-6-2-1-3-7-13)17-9-5-4-8-15(14)17/h1-10,12H,11H2,(H2,21,22,24,25,26). The SMILES string of the molecule is O=C1NC(=O)C(=Cc2cn(Cc3ccccc3)c3ccccc23)C(=O)N1. The number of nitrogens with zero attached hydrogens (tertiary/aromatic N) is 1. The van der Waals surface area contributed by atoms with Crippen LogP contribution in [0.3, 0.4) is 0 Å². The fraction of sp³-hybridized carbons (Fsp3) is 0.0500. The van der Waals surface area contributed by atoms with Crippen molar-refractivity contribution in [3.05, 3.63) is 77.5 Å². The number of hydrogen-bond donors (Lipinski definition) is 2. The first-order valence-corrected chi connectivity index (χ1v) is 8.12. The molecule has 0 saturated carbocycles. The minimum Gasteiger partial charge on any atom is -0.342 e. The number of para-hydroxylation sites is 1. The highest BCUT2D eigenvalue weighted by Gasteiger charge is 2.28. The fourth-order valence-electron chi connectivity index (χ4n) is 3.06. The molecule has 4 amide bonds. The molecule has 3 aromatic rings. The summed E-state index contributed by atoms with van der Waals surface area (Å²) in [6, 6.07) is 17.0. The predicted octanol–water partition coefficient (Wildman–Crippen LogP) is 2.44. The number of aromatic nitrogens is 1. The molecule has 1 saturated heterocycles. The lowest BCUT2D eigenvalue weighted by Crippen LogP contribution is -2.51. The Bertz CT molecular complexity index is 1040. The number of amides is 4. The third kappa shape index (κ3) is 2.88. The van der Waals surface area contributed by atoms with E-state index in [-0.39, 0.29) is 5.57 Å². The predicted molar refractivity (Wildman–Crippen MR) is 97.1 cm³/mol. The second-order valence-corrected chi connectivity index (χ2v) is 6.01. The number of hydrogen-bond acceptors (Lipinski definition) is 3. The van der Waals surface area contributed by atoms with Gasteiger partial charge < -0.3 is 4.57 Å². The summed E-state index contributed by atoms with van der Waals surface area (Å²) in [5.74, 6) is -1.39. The summed E-state index contributed by atoms with van der Waals surface area (Å²) >= 11 is 0.